The minimum absolute atomic E-state index is 0.0187. The third-order valence-corrected chi connectivity index (χ3v) is 4.59. The van der Waals surface area contributed by atoms with Gasteiger partial charge >= 0.3 is 11.9 Å². The molecule has 0 aromatic carbocycles. The highest BCUT2D eigenvalue weighted by atomic mass is 16.5. The number of aliphatic carboxylic acids is 1. The average Bonchev–Trinajstić information content (AvgIpc) is 2.96. The predicted molar refractivity (Wildman–Crippen MR) is 77.9 cm³/mol. The smallest absolute Gasteiger partial charge is 0.317 e. The second kappa shape index (κ2) is 7.75. The Bertz CT molecular complexity index is 369. The van der Waals surface area contributed by atoms with Gasteiger partial charge in [-0.05, 0) is 31.7 Å². The van der Waals surface area contributed by atoms with Crippen molar-refractivity contribution in [3.8, 4) is 0 Å². The SMILES string of the molecule is COC(=O)C1CC(NCC2CCCC2)CN(CC(=O)O)C1. The number of likely N-dealkylation sites (tertiary alicyclic amines) is 1. The van der Waals surface area contributed by atoms with Crippen molar-refractivity contribution in [2.24, 2.45) is 11.8 Å². The maximum absolute atomic E-state index is 11.8. The third kappa shape index (κ3) is 4.97. The number of esters is 1. The summed E-state index contributed by atoms with van der Waals surface area (Å²) in [6.07, 6.45) is 5.91. The van der Waals surface area contributed by atoms with Gasteiger partial charge in [-0.3, -0.25) is 14.5 Å². The molecule has 0 radical (unpaired) electrons. The number of piperidine rings is 1. The molecule has 120 valence electrons. The van der Waals surface area contributed by atoms with E-state index in [0.29, 0.717) is 13.1 Å². The summed E-state index contributed by atoms with van der Waals surface area (Å²) in [5.41, 5.74) is 0. The summed E-state index contributed by atoms with van der Waals surface area (Å²) >= 11 is 0. The Hall–Kier alpha value is -1.14. The van der Waals surface area contributed by atoms with Crippen LogP contribution in [-0.4, -0.2) is 61.3 Å². The molecule has 1 heterocycles. The normalized spacial score (nSPS) is 27.7. The van der Waals surface area contributed by atoms with Crippen LogP contribution >= 0.6 is 0 Å². The molecule has 2 rings (SSSR count). The Kier molecular flexibility index (Phi) is 5.99. The third-order valence-electron chi connectivity index (χ3n) is 4.59. The van der Waals surface area contributed by atoms with Gasteiger partial charge in [-0.1, -0.05) is 12.8 Å². The largest absolute Gasteiger partial charge is 0.480 e. The number of hydrogen-bond donors (Lipinski definition) is 2. The lowest BCUT2D eigenvalue weighted by atomic mass is 9.93. The van der Waals surface area contributed by atoms with E-state index in [4.69, 9.17) is 9.84 Å². The van der Waals surface area contributed by atoms with Gasteiger partial charge < -0.3 is 15.2 Å². The van der Waals surface area contributed by atoms with Gasteiger partial charge in [0.05, 0.1) is 19.6 Å². The molecule has 21 heavy (non-hydrogen) atoms. The summed E-state index contributed by atoms with van der Waals surface area (Å²) in [6.45, 7) is 2.11. The summed E-state index contributed by atoms with van der Waals surface area (Å²) in [5.74, 6) is -0.589. The van der Waals surface area contributed by atoms with Crippen molar-refractivity contribution >= 4 is 11.9 Å². The van der Waals surface area contributed by atoms with Gasteiger partial charge in [0.25, 0.3) is 0 Å². The van der Waals surface area contributed by atoms with Crippen LogP contribution in [0.3, 0.4) is 0 Å². The first-order valence-electron chi connectivity index (χ1n) is 7.84. The quantitative estimate of drug-likeness (QED) is 0.703. The van der Waals surface area contributed by atoms with Crippen molar-refractivity contribution in [3.63, 3.8) is 0 Å². The predicted octanol–water partition coefficient (Wildman–Crippen LogP) is 0.714. The van der Waals surface area contributed by atoms with E-state index in [-0.39, 0.29) is 24.5 Å². The first kappa shape index (κ1) is 16.2. The molecular weight excluding hydrogens is 272 g/mol. The number of nitrogens with one attached hydrogen (secondary N) is 1. The lowest BCUT2D eigenvalue weighted by Crippen LogP contribution is -2.52. The molecule has 2 N–H and O–H groups in total. The van der Waals surface area contributed by atoms with E-state index in [1.54, 1.807) is 0 Å². The lowest BCUT2D eigenvalue weighted by Gasteiger charge is -2.36. The van der Waals surface area contributed by atoms with Crippen LogP contribution in [0.2, 0.25) is 0 Å². The average molecular weight is 298 g/mol. The van der Waals surface area contributed by atoms with E-state index in [9.17, 15) is 9.59 Å². The van der Waals surface area contributed by atoms with Gasteiger partial charge in [0.2, 0.25) is 0 Å². The summed E-state index contributed by atoms with van der Waals surface area (Å²) < 4.78 is 4.83. The van der Waals surface area contributed by atoms with E-state index in [1.807, 2.05) is 4.90 Å². The van der Waals surface area contributed by atoms with Crippen LogP contribution < -0.4 is 5.32 Å². The highest BCUT2D eigenvalue weighted by Crippen LogP contribution is 2.25. The highest BCUT2D eigenvalue weighted by Gasteiger charge is 2.33. The Labute approximate surface area is 125 Å². The van der Waals surface area contributed by atoms with E-state index < -0.39 is 5.97 Å². The van der Waals surface area contributed by atoms with Crippen molar-refractivity contribution in [2.75, 3.05) is 33.3 Å². The second-order valence-corrected chi connectivity index (χ2v) is 6.30. The Morgan fingerprint density at radius 2 is 2.00 bits per heavy atom. The fourth-order valence-electron chi connectivity index (χ4n) is 3.54. The molecule has 1 saturated heterocycles. The van der Waals surface area contributed by atoms with Gasteiger partial charge in [0.1, 0.15) is 0 Å². The molecule has 0 amide bonds. The summed E-state index contributed by atoms with van der Waals surface area (Å²) in [4.78, 5) is 24.5. The Morgan fingerprint density at radius 1 is 1.29 bits per heavy atom. The van der Waals surface area contributed by atoms with E-state index >= 15 is 0 Å². The first-order chi connectivity index (χ1) is 10.1. The first-order valence-corrected chi connectivity index (χ1v) is 7.84. The fraction of sp³-hybridized carbons (Fsp3) is 0.867. The molecule has 0 bridgehead atoms. The van der Waals surface area contributed by atoms with E-state index in [1.165, 1.54) is 32.8 Å². The molecule has 1 saturated carbocycles. The topological polar surface area (TPSA) is 78.9 Å². The van der Waals surface area contributed by atoms with Gasteiger partial charge in [-0.15, -0.1) is 0 Å². The second-order valence-electron chi connectivity index (χ2n) is 6.30. The van der Waals surface area contributed by atoms with Crippen molar-refractivity contribution < 1.29 is 19.4 Å². The van der Waals surface area contributed by atoms with Crippen molar-refractivity contribution in [1.82, 2.24) is 10.2 Å². The van der Waals surface area contributed by atoms with Crippen LogP contribution in [0.1, 0.15) is 32.1 Å². The number of carbonyl (C=O) groups excluding carboxylic acids is 1. The van der Waals surface area contributed by atoms with Gasteiger partial charge in [0, 0.05) is 19.1 Å². The maximum atomic E-state index is 11.8. The van der Waals surface area contributed by atoms with E-state index in [2.05, 4.69) is 5.32 Å². The molecule has 2 fully saturated rings. The number of carboxylic acids is 1. The molecule has 2 atom stereocenters. The van der Waals surface area contributed by atoms with Crippen LogP contribution in [-0.2, 0) is 14.3 Å². The molecule has 6 heteroatoms. The maximum Gasteiger partial charge on any atom is 0.317 e. The minimum atomic E-state index is -0.852. The van der Waals surface area contributed by atoms with Crippen LogP contribution in [0.5, 0.6) is 0 Å². The zero-order chi connectivity index (χ0) is 15.2. The number of carbonyl (C=O) groups is 2. The molecule has 6 nitrogen and oxygen atoms in total. The number of nitrogens with zero attached hydrogens (tertiary/aromatic N) is 1. The molecule has 2 unspecified atom stereocenters. The van der Waals surface area contributed by atoms with E-state index in [0.717, 1.165) is 18.9 Å². The number of methoxy groups -OCH3 is 1. The Balaban J connectivity index is 1.88. The molecule has 0 aromatic rings. The number of rotatable bonds is 6. The number of ether oxygens (including phenoxy) is 1. The highest BCUT2D eigenvalue weighted by molar-refractivity contribution is 5.73. The monoisotopic (exact) mass is 298 g/mol. The summed E-state index contributed by atoms with van der Waals surface area (Å²) in [7, 11) is 1.39. The van der Waals surface area contributed by atoms with Crippen molar-refractivity contribution in [3.05, 3.63) is 0 Å². The van der Waals surface area contributed by atoms with Crippen LogP contribution in [0, 0.1) is 11.8 Å². The minimum Gasteiger partial charge on any atom is -0.480 e. The molecule has 1 aliphatic carbocycles. The fourth-order valence-corrected chi connectivity index (χ4v) is 3.54. The number of carboxylic acid groups (broad SMARTS) is 1. The molecule has 1 aliphatic heterocycles. The van der Waals surface area contributed by atoms with Crippen molar-refractivity contribution in [1.29, 1.82) is 0 Å². The molecular formula is C15H26N2O4. The Morgan fingerprint density at radius 3 is 2.62 bits per heavy atom. The summed E-state index contributed by atoms with van der Waals surface area (Å²) in [5, 5.41) is 12.5. The standard InChI is InChI=1S/C15H26N2O4/c1-21-15(20)12-6-13(9-17(8-12)10-14(18)19)16-7-11-4-2-3-5-11/h11-13,16H,2-10H2,1H3,(H,18,19). The molecule has 0 aromatic heterocycles. The van der Waals surface area contributed by atoms with Gasteiger partial charge in [0.15, 0.2) is 0 Å². The molecule has 0 spiro atoms. The van der Waals surface area contributed by atoms with Crippen LogP contribution in [0.25, 0.3) is 0 Å². The van der Waals surface area contributed by atoms with Gasteiger partial charge in [-0.25, -0.2) is 0 Å². The van der Waals surface area contributed by atoms with Crippen LogP contribution in [0.15, 0.2) is 0 Å². The summed E-state index contributed by atoms with van der Waals surface area (Å²) in [6, 6.07) is 0.169. The van der Waals surface area contributed by atoms with Gasteiger partial charge in [-0.2, -0.15) is 0 Å². The molecule has 2 aliphatic rings. The van der Waals surface area contributed by atoms with Crippen LogP contribution in [0.4, 0.5) is 0 Å². The lowest BCUT2D eigenvalue weighted by molar-refractivity contribution is -0.149. The van der Waals surface area contributed by atoms with Crippen molar-refractivity contribution in [2.45, 2.75) is 38.1 Å². The number of hydrogen-bond acceptors (Lipinski definition) is 5. The zero-order valence-electron chi connectivity index (χ0n) is 12.7. The zero-order valence-corrected chi connectivity index (χ0v) is 12.7.